The van der Waals surface area contributed by atoms with Crippen LogP contribution in [0.1, 0.15) is 90.9 Å². The summed E-state index contributed by atoms with van der Waals surface area (Å²) in [5, 5.41) is 0. The van der Waals surface area contributed by atoms with Gasteiger partial charge in [0.2, 0.25) is 0 Å². The van der Waals surface area contributed by atoms with Crippen LogP contribution < -0.4 is 0 Å². The summed E-state index contributed by atoms with van der Waals surface area (Å²) in [5.41, 5.74) is 0. The second-order valence-corrected chi connectivity index (χ2v) is 8.31. The van der Waals surface area contributed by atoms with E-state index < -0.39 is 15.0 Å². The lowest BCUT2D eigenvalue weighted by atomic mass is 10.0. The highest BCUT2D eigenvalue weighted by Gasteiger charge is 2.42. The zero-order chi connectivity index (χ0) is 17.1. The van der Waals surface area contributed by atoms with Crippen molar-refractivity contribution in [1.29, 1.82) is 0 Å². The lowest BCUT2D eigenvalue weighted by Crippen LogP contribution is -2.50. The monoisotopic (exact) mass is 335 g/mol. The second-order valence-electron chi connectivity index (χ2n) is 6.60. The summed E-state index contributed by atoms with van der Waals surface area (Å²) in [6, 6.07) is 0. The number of unbranched alkanes of at least 4 members (excludes halogenated alkanes) is 9. The van der Waals surface area contributed by atoms with Crippen LogP contribution in [0.15, 0.2) is 0 Å². The van der Waals surface area contributed by atoms with E-state index in [1.807, 2.05) is 6.92 Å². The maximum Gasteiger partial charge on any atom is 0.284 e. The van der Waals surface area contributed by atoms with Gasteiger partial charge < -0.3 is 0 Å². The Morgan fingerprint density at radius 1 is 0.818 bits per heavy atom. The summed E-state index contributed by atoms with van der Waals surface area (Å²) >= 11 is 0. The average molecular weight is 336 g/mol. The molecule has 0 aromatic rings. The highest BCUT2D eigenvalue weighted by molar-refractivity contribution is 7.87. The maximum absolute atomic E-state index is 11.7. The summed E-state index contributed by atoms with van der Waals surface area (Å²) in [6.07, 6.45) is 13.1. The Morgan fingerprint density at radius 2 is 1.23 bits per heavy atom. The molecule has 0 spiro atoms. The van der Waals surface area contributed by atoms with Gasteiger partial charge in [-0.1, -0.05) is 78.1 Å². The minimum atomic E-state index is -4.06. The zero-order valence-electron chi connectivity index (χ0n) is 15.1. The molecule has 0 aliphatic heterocycles. The van der Waals surface area contributed by atoms with Gasteiger partial charge in [0.1, 0.15) is 4.87 Å². The molecule has 4 nitrogen and oxygen atoms in total. The normalized spacial score (nSPS) is 15.2. The fourth-order valence-electron chi connectivity index (χ4n) is 3.15. The van der Waals surface area contributed by atoms with E-state index in [0.717, 1.165) is 19.3 Å². The molecule has 0 aliphatic carbocycles. The Morgan fingerprint density at radius 3 is 1.55 bits per heavy atom. The predicted molar refractivity (Wildman–Crippen MR) is 94.7 cm³/mol. The van der Waals surface area contributed by atoms with E-state index in [1.54, 1.807) is 19.0 Å². The largest absolute Gasteiger partial charge is 0.289 e. The number of hydrogen-bond donors (Lipinski definition) is 1. The van der Waals surface area contributed by atoms with Crippen LogP contribution in [0.5, 0.6) is 0 Å². The number of nitrogens with zero attached hydrogens (tertiary/aromatic N) is 1. The first-order valence-electron chi connectivity index (χ1n) is 8.96. The van der Waals surface area contributed by atoms with Crippen LogP contribution in [0.4, 0.5) is 0 Å². The zero-order valence-corrected chi connectivity index (χ0v) is 15.9. The first-order valence-corrected chi connectivity index (χ1v) is 10.4. The second kappa shape index (κ2) is 11.4. The van der Waals surface area contributed by atoms with Gasteiger partial charge in [0, 0.05) is 0 Å². The van der Waals surface area contributed by atoms with Crippen LogP contribution in [0.25, 0.3) is 0 Å². The molecule has 22 heavy (non-hydrogen) atoms. The Balaban J connectivity index is 3.93. The van der Waals surface area contributed by atoms with Crippen molar-refractivity contribution < 1.29 is 13.0 Å². The van der Waals surface area contributed by atoms with Crippen LogP contribution in [0.3, 0.4) is 0 Å². The minimum absolute atomic E-state index is 0.413. The van der Waals surface area contributed by atoms with E-state index in [1.165, 1.54) is 44.9 Å². The lowest BCUT2D eigenvalue weighted by Gasteiger charge is -2.36. The molecule has 0 saturated carbocycles. The molecule has 0 aromatic carbocycles. The van der Waals surface area contributed by atoms with Gasteiger partial charge in [0.15, 0.2) is 0 Å². The Kier molecular flexibility index (Phi) is 11.3. The highest BCUT2D eigenvalue weighted by atomic mass is 32.2. The van der Waals surface area contributed by atoms with Gasteiger partial charge in [-0.25, -0.2) is 0 Å². The molecule has 1 atom stereocenters. The van der Waals surface area contributed by atoms with Crippen molar-refractivity contribution >= 4 is 10.1 Å². The first kappa shape index (κ1) is 21.9. The number of rotatable bonds is 14. The molecule has 0 rings (SSSR count). The molecule has 1 N–H and O–H groups in total. The summed E-state index contributed by atoms with van der Waals surface area (Å²) in [4.78, 5) is 0.531. The molecule has 0 heterocycles. The van der Waals surface area contributed by atoms with Crippen molar-refractivity contribution in [3.8, 4) is 0 Å². The topological polar surface area (TPSA) is 57.6 Å². The first-order chi connectivity index (χ1) is 10.3. The van der Waals surface area contributed by atoms with Crippen LogP contribution in [-0.2, 0) is 10.1 Å². The molecule has 0 saturated heterocycles. The Hall–Kier alpha value is -0.130. The fourth-order valence-corrected chi connectivity index (χ4v) is 4.38. The third-order valence-electron chi connectivity index (χ3n) is 4.77. The van der Waals surface area contributed by atoms with Gasteiger partial charge in [0.25, 0.3) is 10.1 Å². The van der Waals surface area contributed by atoms with E-state index in [-0.39, 0.29) is 0 Å². The molecule has 134 valence electrons. The molecule has 0 aliphatic rings. The fraction of sp³-hybridized carbons (Fsp3) is 1.00. The molecule has 0 fully saturated rings. The third-order valence-corrected chi connectivity index (χ3v) is 6.59. The number of hydrogen-bond acceptors (Lipinski definition) is 3. The van der Waals surface area contributed by atoms with Crippen molar-refractivity contribution in [3.63, 3.8) is 0 Å². The van der Waals surface area contributed by atoms with E-state index in [4.69, 9.17) is 0 Å². The van der Waals surface area contributed by atoms with Crippen molar-refractivity contribution in [2.45, 2.75) is 95.8 Å². The van der Waals surface area contributed by atoms with Gasteiger partial charge >= 0.3 is 0 Å². The summed E-state index contributed by atoms with van der Waals surface area (Å²) < 4.78 is 33.0. The van der Waals surface area contributed by atoms with E-state index in [9.17, 15) is 13.0 Å². The Bertz CT molecular complexity index is 368. The van der Waals surface area contributed by atoms with Gasteiger partial charge in [-0.3, -0.25) is 9.45 Å². The molecular formula is C17H37NO3S. The molecule has 1 unspecified atom stereocenters. The van der Waals surface area contributed by atoms with Gasteiger partial charge in [-0.2, -0.15) is 8.42 Å². The summed E-state index contributed by atoms with van der Waals surface area (Å²) in [5.74, 6) is 0. The molecule has 0 bridgehead atoms. The summed E-state index contributed by atoms with van der Waals surface area (Å²) in [7, 11) is -0.601. The summed E-state index contributed by atoms with van der Waals surface area (Å²) in [6.45, 7) is 4.06. The van der Waals surface area contributed by atoms with Crippen molar-refractivity contribution in [3.05, 3.63) is 0 Å². The van der Waals surface area contributed by atoms with E-state index in [0.29, 0.717) is 12.8 Å². The minimum Gasteiger partial charge on any atom is -0.289 e. The molecule has 0 amide bonds. The van der Waals surface area contributed by atoms with E-state index in [2.05, 4.69) is 6.92 Å². The highest BCUT2D eigenvalue weighted by Crippen LogP contribution is 2.30. The van der Waals surface area contributed by atoms with Crippen molar-refractivity contribution in [2.75, 3.05) is 14.1 Å². The molecule has 0 radical (unpaired) electrons. The molecule has 5 heteroatoms. The SMILES string of the molecule is CCCCCCCCCCCCC(CC)(N(C)C)S(=O)(=O)O. The van der Waals surface area contributed by atoms with Gasteiger partial charge in [-0.05, 0) is 26.9 Å². The van der Waals surface area contributed by atoms with Gasteiger partial charge in [0.05, 0.1) is 0 Å². The Labute approximate surface area is 138 Å². The van der Waals surface area contributed by atoms with Gasteiger partial charge in [-0.15, -0.1) is 0 Å². The maximum atomic E-state index is 11.7. The van der Waals surface area contributed by atoms with Crippen LogP contribution in [0, 0.1) is 0 Å². The average Bonchev–Trinajstić information content (AvgIpc) is 2.43. The third kappa shape index (κ3) is 7.42. The van der Waals surface area contributed by atoms with Crippen LogP contribution in [0.2, 0.25) is 0 Å². The van der Waals surface area contributed by atoms with E-state index >= 15 is 0 Å². The van der Waals surface area contributed by atoms with Crippen LogP contribution >= 0.6 is 0 Å². The smallest absolute Gasteiger partial charge is 0.284 e. The molecular weight excluding hydrogens is 298 g/mol. The standard InChI is InChI=1S/C17H37NO3S/c1-5-7-8-9-10-11-12-13-14-15-16-17(6-2,18(3)4)22(19,20)21/h5-16H2,1-4H3,(H,19,20,21). The van der Waals surface area contributed by atoms with Crippen molar-refractivity contribution in [1.82, 2.24) is 4.90 Å². The predicted octanol–water partition coefficient (Wildman–Crippen LogP) is 4.85. The molecule has 0 aromatic heterocycles. The van der Waals surface area contributed by atoms with Crippen molar-refractivity contribution in [2.24, 2.45) is 0 Å². The van der Waals surface area contributed by atoms with Crippen LogP contribution in [-0.4, -0.2) is 36.8 Å². The lowest BCUT2D eigenvalue weighted by molar-refractivity contribution is 0.198. The quantitative estimate of drug-likeness (QED) is 0.364.